The highest BCUT2D eigenvalue weighted by Crippen LogP contribution is 2.34. The first-order valence-corrected chi connectivity index (χ1v) is 13.4. The van der Waals surface area contributed by atoms with Crippen LogP contribution in [-0.2, 0) is 11.8 Å². The van der Waals surface area contributed by atoms with E-state index in [1.54, 1.807) is 10.9 Å². The average molecular weight is 532 g/mol. The number of likely N-dealkylation sites (N-methyl/N-ethyl adjacent to an activating group) is 1. The van der Waals surface area contributed by atoms with Crippen molar-refractivity contribution in [1.29, 1.82) is 0 Å². The molecule has 0 bridgehead atoms. The van der Waals surface area contributed by atoms with E-state index in [0.717, 1.165) is 53.0 Å². The molecule has 2 atom stereocenters. The van der Waals surface area contributed by atoms with Gasteiger partial charge in [-0.3, -0.25) is 14.4 Å². The lowest BCUT2D eigenvalue weighted by molar-refractivity contribution is -0.122. The Balaban J connectivity index is 1.40. The summed E-state index contributed by atoms with van der Waals surface area (Å²) in [6.45, 7) is 11.4. The van der Waals surface area contributed by atoms with Crippen molar-refractivity contribution in [2.24, 2.45) is 7.05 Å². The van der Waals surface area contributed by atoms with E-state index >= 15 is 0 Å². The number of aromatic amines is 1. The second-order valence-electron chi connectivity index (χ2n) is 10.2. The first-order chi connectivity index (χ1) is 18.7. The molecule has 4 heterocycles. The number of para-hydroxylation sites is 1. The van der Waals surface area contributed by atoms with E-state index in [9.17, 15) is 4.79 Å². The summed E-state index contributed by atoms with van der Waals surface area (Å²) in [5.41, 5.74) is 4.97. The quantitative estimate of drug-likeness (QED) is 0.315. The number of piperazine rings is 1. The fourth-order valence-corrected chi connectivity index (χ4v) is 5.26. The number of ether oxygens (including phenoxy) is 1. The third kappa shape index (κ3) is 5.45. The second kappa shape index (κ2) is 11.0. The van der Waals surface area contributed by atoms with Gasteiger partial charge in [0.1, 0.15) is 5.69 Å². The summed E-state index contributed by atoms with van der Waals surface area (Å²) in [6, 6.07) is 6.00. The Morgan fingerprint density at radius 1 is 1.26 bits per heavy atom. The number of hydrogen-bond donors (Lipinski definition) is 3. The van der Waals surface area contributed by atoms with Crippen LogP contribution < -0.4 is 15.4 Å². The number of fused-ring (bicyclic) bond motifs is 1. The fourth-order valence-electron chi connectivity index (χ4n) is 5.26. The van der Waals surface area contributed by atoms with Crippen LogP contribution >= 0.6 is 0 Å². The topological polar surface area (TPSA) is 116 Å². The minimum Gasteiger partial charge on any atom is -0.475 e. The Morgan fingerprint density at radius 3 is 2.85 bits per heavy atom. The number of H-pyrrole nitrogens is 1. The number of nitrogens with zero attached hydrogens (tertiary/aromatic N) is 6. The SMILES string of the molecule is CCOc1nn(C)cc1Nc1ncc(C)c(-c2c[nH]c3c(NC(=O)C(C)N4CCN(C)C[C@@H]4C)cccc23)n1. The van der Waals surface area contributed by atoms with Gasteiger partial charge in [-0.25, -0.2) is 9.97 Å². The molecule has 1 amide bonds. The molecular formula is C28H37N9O2. The van der Waals surface area contributed by atoms with Gasteiger partial charge in [0.15, 0.2) is 0 Å². The molecule has 0 saturated carbocycles. The van der Waals surface area contributed by atoms with Crippen molar-refractivity contribution in [3.8, 4) is 17.1 Å². The van der Waals surface area contributed by atoms with Crippen molar-refractivity contribution in [1.82, 2.24) is 34.5 Å². The lowest BCUT2D eigenvalue weighted by Crippen LogP contribution is -2.56. The predicted molar refractivity (Wildman–Crippen MR) is 153 cm³/mol. The average Bonchev–Trinajstić information content (AvgIpc) is 3.48. The highest BCUT2D eigenvalue weighted by molar-refractivity contribution is 6.06. The molecule has 39 heavy (non-hydrogen) atoms. The number of aryl methyl sites for hydroxylation is 2. The van der Waals surface area contributed by atoms with Crippen LogP contribution in [0.3, 0.4) is 0 Å². The molecule has 0 radical (unpaired) electrons. The number of amides is 1. The molecule has 11 nitrogen and oxygen atoms in total. The van der Waals surface area contributed by atoms with E-state index in [4.69, 9.17) is 9.72 Å². The summed E-state index contributed by atoms with van der Waals surface area (Å²) in [5, 5.41) is 11.7. The highest BCUT2D eigenvalue weighted by atomic mass is 16.5. The largest absolute Gasteiger partial charge is 0.475 e. The number of rotatable bonds is 8. The van der Waals surface area contributed by atoms with E-state index < -0.39 is 0 Å². The summed E-state index contributed by atoms with van der Waals surface area (Å²) in [7, 11) is 3.96. The molecule has 3 N–H and O–H groups in total. The number of carbonyl (C=O) groups excluding carboxylic acids is 1. The molecule has 1 saturated heterocycles. The molecule has 11 heteroatoms. The molecule has 1 unspecified atom stereocenters. The molecule has 3 aromatic heterocycles. The number of nitrogens with one attached hydrogen (secondary N) is 3. The fraction of sp³-hybridized carbons (Fsp3) is 0.429. The maximum absolute atomic E-state index is 13.3. The summed E-state index contributed by atoms with van der Waals surface area (Å²) in [6.07, 6.45) is 5.56. The maximum atomic E-state index is 13.3. The zero-order chi connectivity index (χ0) is 27.7. The van der Waals surface area contributed by atoms with Gasteiger partial charge in [0, 0.05) is 56.1 Å². The van der Waals surface area contributed by atoms with Gasteiger partial charge >= 0.3 is 0 Å². The normalized spacial score (nSPS) is 17.3. The molecule has 1 aliphatic rings. The van der Waals surface area contributed by atoms with E-state index in [1.807, 2.05) is 58.4 Å². The van der Waals surface area contributed by atoms with E-state index in [2.05, 4.69) is 49.5 Å². The van der Waals surface area contributed by atoms with Crippen molar-refractivity contribution < 1.29 is 9.53 Å². The Hall–Kier alpha value is -3.96. The minimum atomic E-state index is -0.231. The maximum Gasteiger partial charge on any atom is 0.256 e. The molecule has 4 aromatic rings. The summed E-state index contributed by atoms with van der Waals surface area (Å²) < 4.78 is 7.31. The van der Waals surface area contributed by atoms with Gasteiger partial charge in [0.25, 0.3) is 5.88 Å². The van der Waals surface area contributed by atoms with Crippen LogP contribution in [0.1, 0.15) is 26.3 Å². The van der Waals surface area contributed by atoms with Crippen LogP contribution in [0.2, 0.25) is 0 Å². The molecular weight excluding hydrogens is 494 g/mol. The number of hydrogen-bond acceptors (Lipinski definition) is 8. The van der Waals surface area contributed by atoms with Crippen molar-refractivity contribution in [2.75, 3.05) is 43.9 Å². The smallest absolute Gasteiger partial charge is 0.256 e. The number of anilines is 3. The van der Waals surface area contributed by atoms with E-state index in [1.165, 1.54) is 0 Å². The Labute approximate surface area is 228 Å². The summed E-state index contributed by atoms with van der Waals surface area (Å²) >= 11 is 0. The van der Waals surface area contributed by atoms with Crippen LogP contribution in [0.5, 0.6) is 5.88 Å². The second-order valence-corrected chi connectivity index (χ2v) is 10.2. The molecule has 1 aliphatic heterocycles. The number of benzene rings is 1. The predicted octanol–water partition coefficient (Wildman–Crippen LogP) is 3.77. The van der Waals surface area contributed by atoms with Gasteiger partial charge in [-0.15, -0.1) is 5.10 Å². The van der Waals surface area contributed by atoms with E-state index in [0.29, 0.717) is 30.2 Å². The first-order valence-electron chi connectivity index (χ1n) is 13.4. The van der Waals surface area contributed by atoms with Crippen LogP contribution in [0.15, 0.2) is 36.8 Å². The number of carbonyl (C=O) groups is 1. The van der Waals surface area contributed by atoms with Gasteiger partial charge < -0.3 is 25.3 Å². The Bertz CT molecular complexity index is 1480. The summed E-state index contributed by atoms with van der Waals surface area (Å²) in [4.78, 5) is 30.5. The van der Waals surface area contributed by atoms with Gasteiger partial charge in [-0.1, -0.05) is 12.1 Å². The van der Waals surface area contributed by atoms with Crippen molar-refractivity contribution in [3.05, 3.63) is 42.4 Å². The van der Waals surface area contributed by atoms with Gasteiger partial charge in [0.2, 0.25) is 11.9 Å². The van der Waals surface area contributed by atoms with Gasteiger partial charge in [0.05, 0.1) is 35.7 Å². The van der Waals surface area contributed by atoms with Gasteiger partial charge in [-0.2, -0.15) is 0 Å². The lowest BCUT2D eigenvalue weighted by atomic mass is 10.1. The monoisotopic (exact) mass is 531 g/mol. The zero-order valence-corrected chi connectivity index (χ0v) is 23.4. The van der Waals surface area contributed by atoms with Crippen molar-refractivity contribution in [2.45, 2.75) is 39.8 Å². The first kappa shape index (κ1) is 26.6. The number of aromatic nitrogens is 5. The third-order valence-electron chi connectivity index (χ3n) is 7.28. The molecule has 0 aliphatic carbocycles. The van der Waals surface area contributed by atoms with Crippen LogP contribution in [0, 0.1) is 6.92 Å². The van der Waals surface area contributed by atoms with Crippen LogP contribution in [0.4, 0.5) is 17.3 Å². The highest BCUT2D eigenvalue weighted by Gasteiger charge is 2.30. The Kier molecular flexibility index (Phi) is 7.53. The minimum absolute atomic E-state index is 0.0127. The molecule has 206 valence electrons. The summed E-state index contributed by atoms with van der Waals surface area (Å²) in [5.74, 6) is 0.929. The van der Waals surface area contributed by atoms with Crippen molar-refractivity contribution in [3.63, 3.8) is 0 Å². The standard InChI is InChI=1S/C28H37N9O2/c1-7-39-27-23(16-36(6)34-27)32-28-30-13-17(2)24(33-28)21-14-29-25-20(21)9-8-10-22(25)31-26(38)19(4)37-12-11-35(5)15-18(37)3/h8-10,13-14,16,18-19,29H,7,11-12,15H2,1-6H3,(H,31,38)(H,30,32,33)/t18-,19?/m0/s1. The third-order valence-corrected chi connectivity index (χ3v) is 7.28. The zero-order valence-electron chi connectivity index (χ0n) is 23.4. The van der Waals surface area contributed by atoms with Crippen molar-refractivity contribution >= 4 is 34.1 Å². The molecule has 1 aromatic carbocycles. The lowest BCUT2D eigenvalue weighted by Gasteiger charge is -2.41. The van der Waals surface area contributed by atoms with E-state index in [-0.39, 0.29) is 11.9 Å². The van der Waals surface area contributed by atoms with Crippen LogP contribution in [-0.4, -0.2) is 85.8 Å². The van der Waals surface area contributed by atoms with Crippen LogP contribution in [0.25, 0.3) is 22.2 Å². The molecule has 1 fully saturated rings. The Morgan fingerprint density at radius 2 is 2.08 bits per heavy atom. The molecule has 5 rings (SSSR count). The molecule has 0 spiro atoms. The van der Waals surface area contributed by atoms with Gasteiger partial charge in [-0.05, 0) is 46.4 Å².